The van der Waals surface area contributed by atoms with Crippen LogP contribution in [-0.2, 0) is 22.5 Å². The first-order valence-corrected chi connectivity index (χ1v) is 9.36. The number of nitrogens with one attached hydrogen (secondary N) is 1. The van der Waals surface area contributed by atoms with Gasteiger partial charge in [-0.05, 0) is 19.3 Å². The fourth-order valence-electron chi connectivity index (χ4n) is 3.38. The van der Waals surface area contributed by atoms with Gasteiger partial charge in [0.1, 0.15) is 12.3 Å². The van der Waals surface area contributed by atoms with E-state index in [4.69, 9.17) is 4.74 Å². The van der Waals surface area contributed by atoms with Gasteiger partial charge in [0.05, 0.1) is 5.69 Å². The number of hydrogen-bond acceptors (Lipinski definition) is 6. The monoisotopic (exact) mass is 361 g/mol. The fraction of sp³-hybridized carbons (Fsp3) is 0.667. The highest BCUT2D eigenvalue weighted by molar-refractivity contribution is 5.94. The SMILES string of the molecule is CCCOCC(=O)N1CCc2nc(NC)nc(C(=O)N3CCCC3)c2C1. The van der Waals surface area contributed by atoms with Gasteiger partial charge in [-0.15, -0.1) is 0 Å². The van der Waals surface area contributed by atoms with Crippen molar-refractivity contribution in [3.05, 3.63) is 17.0 Å². The molecule has 142 valence electrons. The van der Waals surface area contributed by atoms with Crippen molar-refractivity contribution in [1.82, 2.24) is 19.8 Å². The van der Waals surface area contributed by atoms with E-state index in [1.165, 1.54) is 0 Å². The highest BCUT2D eigenvalue weighted by Gasteiger charge is 2.30. The molecule has 1 aromatic rings. The van der Waals surface area contributed by atoms with Crippen LogP contribution in [0.5, 0.6) is 0 Å². The summed E-state index contributed by atoms with van der Waals surface area (Å²) >= 11 is 0. The molecule has 0 saturated carbocycles. The minimum atomic E-state index is -0.0609. The molecule has 0 radical (unpaired) electrons. The van der Waals surface area contributed by atoms with Gasteiger partial charge in [-0.1, -0.05) is 6.92 Å². The van der Waals surface area contributed by atoms with Crippen LogP contribution in [0.4, 0.5) is 5.95 Å². The van der Waals surface area contributed by atoms with Gasteiger partial charge in [0.2, 0.25) is 11.9 Å². The molecule has 0 atom stereocenters. The number of ether oxygens (including phenoxy) is 1. The van der Waals surface area contributed by atoms with Crippen molar-refractivity contribution in [2.45, 2.75) is 39.2 Å². The zero-order chi connectivity index (χ0) is 18.5. The molecule has 2 amide bonds. The Balaban J connectivity index is 1.82. The molecular weight excluding hydrogens is 334 g/mol. The van der Waals surface area contributed by atoms with E-state index in [2.05, 4.69) is 15.3 Å². The Bertz CT molecular complexity index is 673. The maximum atomic E-state index is 13.0. The lowest BCUT2D eigenvalue weighted by Gasteiger charge is -2.30. The highest BCUT2D eigenvalue weighted by atomic mass is 16.5. The van der Waals surface area contributed by atoms with Crippen molar-refractivity contribution < 1.29 is 14.3 Å². The third-order valence-electron chi connectivity index (χ3n) is 4.81. The molecule has 0 unspecified atom stereocenters. The minimum absolute atomic E-state index is 0.0543. The Morgan fingerprint density at radius 1 is 1.15 bits per heavy atom. The predicted octanol–water partition coefficient (Wildman–Crippen LogP) is 1.07. The molecule has 1 fully saturated rings. The van der Waals surface area contributed by atoms with Crippen molar-refractivity contribution in [3.8, 4) is 0 Å². The van der Waals surface area contributed by atoms with Crippen molar-refractivity contribution in [2.75, 3.05) is 45.2 Å². The summed E-state index contributed by atoms with van der Waals surface area (Å²) in [6.07, 6.45) is 3.55. The Morgan fingerprint density at radius 3 is 2.62 bits per heavy atom. The lowest BCUT2D eigenvalue weighted by atomic mass is 10.0. The van der Waals surface area contributed by atoms with Gasteiger partial charge in [-0.25, -0.2) is 9.97 Å². The predicted molar refractivity (Wildman–Crippen MR) is 96.9 cm³/mol. The minimum Gasteiger partial charge on any atom is -0.372 e. The molecule has 8 heteroatoms. The lowest BCUT2D eigenvalue weighted by Crippen LogP contribution is -2.40. The number of anilines is 1. The number of amides is 2. The molecule has 0 aliphatic carbocycles. The third kappa shape index (κ3) is 3.95. The van der Waals surface area contributed by atoms with Crippen molar-refractivity contribution in [1.29, 1.82) is 0 Å². The fourth-order valence-corrected chi connectivity index (χ4v) is 3.38. The summed E-state index contributed by atoms with van der Waals surface area (Å²) in [4.78, 5) is 37.9. The topological polar surface area (TPSA) is 87.7 Å². The van der Waals surface area contributed by atoms with Crippen molar-refractivity contribution in [2.24, 2.45) is 0 Å². The normalized spacial score (nSPS) is 16.5. The molecule has 2 aliphatic heterocycles. The molecule has 1 N–H and O–H groups in total. The number of aromatic nitrogens is 2. The Morgan fingerprint density at radius 2 is 1.92 bits per heavy atom. The number of likely N-dealkylation sites (tertiary alicyclic amines) is 1. The van der Waals surface area contributed by atoms with E-state index < -0.39 is 0 Å². The molecule has 1 aromatic heterocycles. The number of carbonyl (C=O) groups excluding carboxylic acids is 2. The van der Waals surface area contributed by atoms with Gasteiger partial charge < -0.3 is 19.9 Å². The van der Waals surface area contributed by atoms with Crippen LogP contribution in [0.15, 0.2) is 0 Å². The smallest absolute Gasteiger partial charge is 0.273 e. The maximum absolute atomic E-state index is 13.0. The molecule has 1 saturated heterocycles. The van der Waals surface area contributed by atoms with Gasteiger partial charge in [0.15, 0.2) is 0 Å². The Hall–Kier alpha value is -2.22. The van der Waals surface area contributed by atoms with Crippen LogP contribution in [0, 0.1) is 0 Å². The second-order valence-corrected chi connectivity index (χ2v) is 6.69. The summed E-state index contributed by atoms with van der Waals surface area (Å²) in [5.74, 6) is 0.341. The molecule has 0 aromatic carbocycles. The average molecular weight is 361 g/mol. The Kier molecular flexibility index (Phi) is 6.03. The molecule has 2 aliphatic rings. The van der Waals surface area contributed by atoms with Gasteiger partial charge in [-0.3, -0.25) is 9.59 Å². The summed E-state index contributed by atoms with van der Waals surface area (Å²) in [5, 5.41) is 2.94. The van der Waals surface area contributed by atoms with Crippen LogP contribution < -0.4 is 5.32 Å². The summed E-state index contributed by atoms with van der Waals surface area (Å²) in [6, 6.07) is 0. The quantitative estimate of drug-likeness (QED) is 0.763. The summed E-state index contributed by atoms with van der Waals surface area (Å²) in [7, 11) is 1.75. The first-order chi connectivity index (χ1) is 12.6. The molecule has 0 bridgehead atoms. The number of hydrogen-bond donors (Lipinski definition) is 1. The van der Waals surface area contributed by atoms with E-state index in [-0.39, 0.29) is 18.4 Å². The summed E-state index contributed by atoms with van der Waals surface area (Å²) < 4.78 is 5.37. The summed E-state index contributed by atoms with van der Waals surface area (Å²) in [6.45, 7) is 5.13. The van der Waals surface area contributed by atoms with E-state index in [9.17, 15) is 9.59 Å². The Labute approximate surface area is 153 Å². The van der Waals surface area contributed by atoms with Gasteiger partial charge >= 0.3 is 0 Å². The standard InChI is InChI=1S/C18H27N5O3/c1-3-10-26-12-15(24)23-9-6-14-13(11-23)16(21-18(19-2)20-14)17(25)22-7-4-5-8-22/h3-12H2,1-2H3,(H,19,20,21). The van der Waals surface area contributed by atoms with Crippen LogP contribution in [0.3, 0.4) is 0 Å². The van der Waals surface area contributed by atoms with Gasteiger partial charge in [0.25, 0.3) is 5.91 Å². The van der Waals surface area contributed by atoms with E-state index in [1.807, 2.05) is 11.8 Å². The number of fused-ring (bicyclic) bond motifs is 1. The second kappa shape index (κ2) is 8.44. The van der Waals surface area contributed by atoms with E-state index in [0.29, 0.717) is 37.8 Å². The zero-order valence-corrected chi connectivity index (χ0v) is 15.6. The molecular formula is C18H27N5O3. The average Bonchev–Trinajstić information content (AvgIpc) is 3.21. The largest absolute Gasteiger partial charge is 0.372 e. The molecule has 0 spiro atoms. The van der Waals surface area contributed by atoms with Crippen LogP contribution in [0.25, 0.3) is 0 Å². The molecule has 8 nitrogen and oxygen atoms in total. The van der Waals surface area contributed by atoms with Crippen LogP contribution in [0.1, 0.15) is 47.9 Å². The maximum Gasteiger partial charge on any atom is 0.273 e. The van der Waals surface area contributed by atoms with Crippen molar-refractivity contribution >= 4 is 17.8 Å². The number of carbonyl (C=O) groups is 2. The second-order valence-electron chi connectivity index (χ2n) is 6.69. The molecule has 3 rings (SSSR count). The summed E-state index contributed by atoms with van der Waals surface area (Å²) in [5.41, 5.74) is 2.05. The number of rotatable bonds is 6. The first kappa shape index (κ1) is 18.6. The van der Waals surface area contributed by atoms with Gasteiger partial charge in [-0.2, -0.15) is 0 Å². The lowest BCUT2D eigenvalue weighted by molar-refractivity contribution is -0.137. The van der Waals surface area contributed by atoms with Crippen LogP contribution >= 0.6 is 0 Å². The van der Waals surface area contributed by atoms with E-state index in [0.717, 1.165) is 43.6 Å². The van der Waals surface area contributed by atoms with Crippen molar-refractivity contribution in [3.63, 3.8) is 0 Å². The highest BCUT2D eigenvalue weighted by Crippen LogP contribution is 2.24. The van der Waals surface area contributed by atoms with E-state index in [1.54, 1.807) is 11.9 Å². The van der Waals surface area contributed by atoms with Crippen LogP contribution in [-0.4, -0.2) is 71.5 Å². The van der Waals surface area contributed by atoms with Crippen LogP contribution in [0.2, 0.25) is 0 Å². The van der Waals surface area contributed by atoms with E-state index >= 15 is 0 Å². The zero-order valence-electron chi connectivity index (χ0n) is 15.6. The first-order valence-electron chi connectivity index (χ1n) is 9.36. The van der Waals surface area contributed by atoms with Gasteiger partial charge in [0, 0.05) is 51.8 Å². The molecule has 26 heavy (non-hydrogen) atoms. The number of nitrogens with zero attached hydrogens (tertiary/aromatic N) is 4. The molecule has 3 heterocycles. The third-order valence-corrected chi connectivity index (χ3v) is 4.81.